The molecule has 2 rings (SSSR count). The largest absolute Gasteiger partial charge is 0.381 e. The predicted molar refractivity (Wildman–Crippen MR) is 86.8 cm³/mol. The van der Waals surface area contributed by atoms with Crippen LogP contribution in [0.15, 0.2) is 28.7 Å². The predicted octanol–water partition coefficient (Wildman–Crippen LogP) is 5.43. The van der Waals surface area contributed by atoms with Crippen LogP contribution in [0.3, 0.4) is 0 Å². The molecule has 1 nitrogen and oxygen atoms in total. The lowest BCUT2D eigenvalue weighted by atomic mass is 9.99. The summed E-state index contributed by atoms with van der Waals surface area (Å²) < 4.78 is 14.1. The van der Waals surface area contributed by atoms with Crippen LogP contribution in [-0.2, 0) is 6.54 Å². The van der Waals surface area contributed by atoms with E-state index >= 15 is 0 Å². The molecule has 0 aliphatic rings. The summed E-state index contributed by atoms with van der Waals surface area (Å²) in [7, 11) is 0. The molecule has 3 heteroatoms. The Labute approximate surface area is 128 Å². The van der Waals surface area contributed by atoms with Gasteiger partial charge < -0.3 is 5.32 Å². The van der Waals surface area contributed by atoms with E-state index in [-0.39, 0.29) is 5.82 Å². The second-order valence-electron chi connectivity index (χ2n) is 5.31. The third-order valence-electron chi connectivity index (χ3n) is 3.56. The first-order valence-corrected chi connectivity index (χ1v) is 7.44. The number of halogens is 2. The monoisotopic (exact) mass is 335 g/mol. The van der Waals surface area contributed by atoms with Gasteiger partial charge in [-0.3, -0.25) is 0 Å². The number of aryl methyl sites for hydroxylation is 4. The van der Waals surface area contributed by atoms with Crippen LogP contribution in [0.25, 0.3) is 0 Å². The van der Waals surface area contributed by atoms with Crippen molar-refractivity contribution in [2.24, 2.45) is 0 Å². The summed E-state index contributed by atoms with van der Waals surface area (Å²) in [4.78, 5) is 0. The molecule has 106 valence electrons. The van der Waals surface area contributed by atoms with Gasteiger partial charge in [0.15, 0.2) is 0 Å². The van der Waals surface area contributed by atoms with Crippen molar-refractivity contribution in [3.05, 3.63) is 62.4 Å². The highest BCUT2D eigenvalue weighted by Gasteiger charge is 2.07. The molecule has 0 atom stereocenters. The summed E-state index contributed by atoms with van der Waals surface area (Å²) in [5.41, 5.74) is 6.95. The van der Waals surface area contributed by atoms with Crippen LogP contribution in [0.5, 0.6) is 0 Å². The van der Waals surface area contributed by atoms with Crippen molar-refractivity contribution in [1.29, 1.82) is 0 Å². The minimum absolute atomic E-state index is 0.240. The van der Waals surface area contributed by atoms with E-state index in [1.54, 1.807) is 6.07 Å². The van der Waals surface area contributed by atoms with E-state index in [0.29, 0.717) is 11.0 Å². The number of anilines is 1. The molecule has 0 saturated heterocycles. The third-order valence-corrected chi connectivity index (χ3v) is 4.17. The number of hydrogen-bond acceptors (Lipinski definition) is 1. The smallest absolute Gasteiger partial charge is 0.139 e. The van der Waals surface area contributed by atoms with Gasteiger partial charge in [-0.2, -0.15) is 0 Å². The van der Waals surface area contributed by atoms with Crippen LogP contribution in [0.2, 0.25) is 0 Å². The maximum atomic E-state index is 13.6. The topological polar surface area (TPSA) is 12.0 Å². The van der Waals surface area contributed by atoms with Crippen LogP contribution in [0.1, 0.15) is 27.8 Å². The first-order valence-electron chi connectivity index (χ1n) is 6.64. The summed E-state index contributed by atoms with van der Waals surface area (Å²) in [6.07, 6.45) is 0. The van der Waals surface area contributed by atoms with Gasteiger partial charge in [0.1, 0.15) is 5.82 Å². The average Bonchev–Trinajstić information content (AvgIpc) is 2.33. The maximum Gasteiger partial charge on any atom is 0.139 e. The number of benzene rings is 2. The van der Waals surface area contributed by atoms with Gasteiger partial charge in [0.25, 0.3) is 0 Å². The van der Waals surface area contributed by atoms with Crippen LogP contribution in [0, 0.1) is 33.5 Å². The van der Waals surface area contributed by atoms with Crippen molar-refractivity contribution in [3.8, 4) is 0 Å². The normalized spacial score (nSPS) is 10.7. The molecule has 2 aromatic carbocycles. The Bertz CT molecular complexity index is 627. The van der Waals surface area contributed by atoms with Gasteiger partial charge >= 0.3 is 0 Å². The zero-order valence-corrected chi connectivity index (χ0v) is 13.9. The summed E-state index contributed by atoms with van der Waals surface area (Å²) >= 11 is 3.20. The zero-order chi connectivity index (χ0) is 14.9. The summed E-state index contributed by atoms with van der Waals surface area (Å²) in [5, 5.41) is 3.34. The highest BCUT2D eigenvalue weighted by Crippen LogP contribution is 2.25. The second-order valence-corrected chi connectivity index (χ2v) is 6.17. The standard InChI is InChI=1S/C17H19BrFN/c1-10-5-11(2)14(12(3)6-10)9-20-17-8-16(19)15(18)7-13(17)4/h5-8,20H,9H2,1-4H3. The molecule has 0 aliphatic carbocycles. The molecule has 0 unspecified atom stereocenters. The van der Waals surface area contributed by atoms with E-state index in [2.05, 4.69) is 54.2 Å². The molecule has 1 N–H and O–H groups in total. The van der Waals surface area contributed by atoms with Gasteiger partial charge in [0.2, 0.25) is 0 Å². The van der Waals surface area contributed by atoms with Crippen molar-refractivity contribution in [2.45, 2.75) is 34.2 Å². The van der Waals surface area contributed by atoms with Crippen LogP contribution in [-0.4, -0.2) is 0 Å². The molecule has 2 aromatic rings. The van der Waals surface area contributed by atoms with Gasteiger partial charge in [-0.05, 0) is 78.0 Å². The Morgan fingerprint density at radius 2 is 1.55 bits per heavy atom. The molecular formula is C17H19BrFN. The second kappa shape index (κ2) is 5.96. The Kier molecular flexibility index (Phi) is 4.48. The number of rotatable bonds is 3. The van der Waals surface area contributed by atoms with Crippen molar-refractivity contribution < 1.29 is 4.39 Å². The lowest BCUT2D eigenvalue weighted by molar-refractivity contribution is 0.621. The van der Waals surface area contributed by atoms with E-state index < -0.39 is 0 Å². The maximum absolute atomic E-state index is 13.6. The van der Waals surface area contributed by atoms with E-state index in [1.165, 1.54) is 28.3 Å². The van der Waals surface area contributed by atoms with Crippen molar-refractivity contribution in [2.75, 3.05) is 5.32 Å². The minimum atomic E-state index is -0.240. The number of nitrogens with one attached hydrogen (secondary N) is 1. The van der Waals surface area contributed by atoms with Crippen LogP contribution >= 0.6 is 15.9 Å². The highest BCUT2D eigenvalue weighted by molar-refractivity contribution is 9.10. The molecule has 0 aromatic heterocycles. The Morgan fingerprint density at radius 1 is 0.950 bits per heavy atom. The van der Waals surface area contributed by atoms with E-state index in [9.17, 15) is 4.39 Å². The van der Waals surface area contributed by atoms with Gasteiger partial charge in [0.05, 0.1) is 4.47 Å². The SMILES string of the molecule is Cc1cc(C)c(CNc2cc(F)c(Br)cc2C)c(C)c1. The van der Waals surface area contributed by atoms with E-state index in [1.807, 2.05) is 6.92 Å². The van der Waals surface area contributed by atoms with Gasteiger partial charge in [-0.15, -0.1) is 0 Å². The van der Waals surface area contributed by atoms with Crippen LogP contribution in [0.4, 0.5) is 10.1 Å². The fraction of sp³-hybridized carbons (Fsp3) is 0.294. The lowest BCUT2D eigenvalue weighted by Gasteiger charge is -2.15. The molecule has 20 heavy (non-hydrogen) atoms. The quantitative estimate of drug-likeness (QED) is 0.788. The van der Waals surface area contributed by atoms with Gasteiger partial charge in [-0.25, -0.2) is 4.39 Å². The molecule has 0 bridgehead atoms. The Hall–Kier alpha value is -1.35. The molecule has 0 radical (unpaired) electrons. The summed E-state index contributed by atoms with van der Waals surface area (Å²) in [6.45, 7) is 9.02. The molecular weight excluding hydrogens is 317 g/mol. The van der Waals surface area contributed by atoms with Gasteiger partial charge in [-0.1, -0.05) is 17.7 Å². The molecule has 0 fully saturated rings. The Balaban J connectivity index is 2.23. The van der Waals surface area contributed by atoms with E-state index in [0.717, 1.165) is 11.3 Å². The zero-order valence-electron chi connectivity index (χ0n) is 12.3. The third kappa shape index (κ3) is 3.21. The van der Waals surface area contributed by atoms with Crippen molar-refractivity contribution in [1.82, 2.24) is 0 Å². The van der Waals surface area contributed by atoms with E-state index in [4.69, 9.17) is 0 Å². The first kappa shape index (κ1) is 15.0. The molecule has 0 amide bonds. The molecule has 0 saturated carbocycles. The number of hydrogen-bond donors (Lipinski definition) is 1. The highest BCUT2D eigenvalue weighted by atomic mass is 79.9. The lowest BCUT2D eigenvalue weighted by Crippen LogP contribution is -2.05. The molecule has 0 spiro atoms. The van der Waals surface area contributed by atoms with Gasteiger partial charge in [0, 0.05) is 12.2 Å². The fourth-order valence-electron chi connectivity index (χ4n) is 2.51. The van der Waals surface area contributed by atoms with Crippen molar-refractivity contribution in [3.63, 3.8) is 0 Å². The molecule has 0 heterocycles. The fourth-order valence-corrected chi connectivity index (χ4v) is 2.97. The summed E-state index contributed by atoms with van der Waals surface area (Å²) in [6, 6.07) is 7.70. The molecule has 0 aliphatic heterocycles. The first-order chi connectivity index (χ1) is 9.38. The van der Waals surface area contributed by atoms with Crippen molar-refractivity contribution >= 4 is 21.6 Å². The Morgan fingerprint density at radius 3 is 2.15 bits per heavy atom. The summed E-state index contributed by atoms with van der Waals surface area (Å²) in [5.74, 6) is -0.240. The average molecular weight is 336 g/mol. The minimum Gasteiger partial charge on any atom is -0.381 e. The van der Waals surface area contributed by atoms with Crippen LogP contribution < -0.4 is 5.32 Å².